The Morgan fingerprint density at radius 2 is 2.08 bits per heavy atom. The molecule has 0 unspecified atom stereocenters. The van der Waals surface area contributed by atoms with Crippen molar-refractivity contribution in [3.05, 3.63) is 16.0 Å². The summed E-state index contributed by atoms with van der Waals surface area (Å²) in [6.45, 7) is 1.62. The van der Waals surface area contributed by atoms with Gasteiger partial charge >= 0.3 is 5.00 Å². The molecular weight excluding hydrogens is 190 g/mol. The third-order valence-corrected chi connectivity index (χ3v) is 2.53. The Morgan fingerprint density at radius 3 is 2.31 bits per heavy atom. The number of nitroso groups, excluding NO2 is 1. The van der Waals surface area contributed by atoms with Crippen LogP contribution in [0.4, 0.5) is 10.0 Å². The van der Waals surface area contributed by atoms with Crippen LogP contribution >= 0.6 is 11.3 Å². The summed E-state index contributed by atoms with van der Waals surface area (Å²) in [4.78, 5) is 21.1. The van der Waals surface area contributed by atoms with Gasteiger partial charge in [0.25, 0.3) is 5.91 Å². The minimum atomic E-state index is -0.609. The molecule has 0 aliphatic carbocycles. The number of amides is 1. The smallest absolute Gasteiger partial charge is 0.314 e. The summed E-state index contributed by atoms with van der Waals surface area (Å²) in [6, 6.07) is 0. The molecule has 0 bridgehead atoms. The molecule has 1 heterocycles. The third kappa shape index (κ3) is 1.83. The summed E-state index contributed by atoms with van der Waals surface area (Å²) in [7, 11) is 0. The maximum Gasteiger partial charge on any atom is 0.314 e. The maximum absolute atomic E-state index is 10.8. The molecule has 0 spiro atoms. The first kappa shape index (κ1) is 11.6. The first-order valence-corrected chi connectivity index (χ1v) is 3.96. The highest BCUT2D eigenvalue weighted by Gasteiger charge is 2.21. The summed E-state index contributed by atoms with van der Waals surface area (Å²) < 4.78 is 0. The number of rotatable bonds is 2. The van der Waals surface area contributed by atoms with Gasteiger partial charge in [0.15, 0.2) is 0 Å². The van der Waals surface area contributed by atoms with Crippen molar-refractivity contribution in [1.29, 1.82) is 0 Å². The van der Waals surface area contributed by atoms with Gasteiger partial charge in [0.1, 0.15) is 5.00 Å². The van der Waals surface area contributed by atoms with Crippen LogP contribution in [-0.4, -0.2) is 5.91 Å². The van der Waals surface area contributed by atoms with E-state index in [1.807, 2.05) is 0 Å². The van der Waals surface area contributed by atoms with Gasteiger partial charge in [0.2, 0.25) is 0 Å². The number of carbonyl (C=O) groups is 1. The number of carbonyl (C=O) groups excluding carboxylic acids is 1. The monoisotopic (exact) mass is 202 g/mol. The molecule has 1 amide bonds. The number of nitrogens with one attached hydrogen (secondary N) is 1. The Bertz CT molecular complexity index is 346. The van der Waals surface area contributed by atoms with Crippen molar-refractivity contribution in [2.24, 2.45) is 5.73 Å². The largest absolute Gasteiger partial charge is 0.390 e. The zero-order valence-corrected chi connectivity index (χ0v) is 7.20. The molecular formula is C7H12N3O2S+. The fourth-order valence-electron chi connectivity index (χ4n) is 0.939. The average Bonchev–Trinajstić information content (AvgIpc) is 2.25. The molecule has 1 aromatic rings. The van der Waals surface area contributed by atoms with Gasteiger partial charge in [-0.3, -0.25) is 4.79 Å². The lowest BCUT2D eigenvalue weighted by molar-refractivity contribution is -0.375. The topological polar surface area (TPSA) is 100 Å². The molecule has 0 aromatic carbocycles. The van der Waals surface area contributed by atoms with Gasteiger partial charge in [-0.25, -0.2) is 0 Å². The van der Waals surface area contributed by atoms with Crippen LogP contribution < -0.4 is 16.6 Å². The van der Waals surface area contributed by atoms with Crippen LogP contribution in [0.2, 0.25) is 0 Å². The average molecular weight is 202 g/mol. The Labute approximate surface area is 79.7 Å². The van der Waals surface area contributed by atoms with Gasteiger partial charge in [0.05, 0.1) is 11.1 Å². The fourth-order valence-corrected chi connectivity index (χ4v) is 1.81. The SMILES string of the molecule is C.Cc1c([NH+]=O)sc(N)c1C(N)=O. The summed E-state index contributed by atoms with van der Waals surface area (Å²) in [5.41, 5.74) is 11.2. The molecule has 13 heavy (non-hydrogen) atoms. The lowest BCUT2D eigenvalue weighted by atomic mass is 10.2. The van der Waals surface area contributed by atoms with Gasteiger partial charge in [-0.2, -0.15) is 0 Å². The van der Waals surface area contributed by atoms with E-state index in [2.05, 4.69) is 0 Å². The van der Waals surface area contributed by atoms with Crippen LogP contribution in [0.1, 0.15) is 23.3 Å². The molecule has 0 saturated carbocycles. The maximum atomic E-state index is 10.8. The van der Waals surface area contributed by atoms with E-state index in [4.69, 9.17) is 11.5 Å². The van der Waals surface area contributed by atoms with E-state index >= 15 is 0 Å². The predicted octanol–water partition coefficient (Wildman–Crippen LogP) is -0.148. The second kappa shape index (κ2) is 3.99. The highest BCUT2D eigenvalue weighted by molar-refractivity contribution is 7.19. The standard InChI is InChI=1S/C6H7N3O2S.CH4/c1-2-3(4(7)10)5(8)12-6(2)9-11;/h8H2,1H3,(H2,7,10);1H4/p+1. The molecule has 0 fully saturated rings. The van der Waals surface area contributed by atoms with Crippen LogP contribution in [0.5, 0.6) is 0 Å². The first-order chi connectivity index (χ1) is 5.57. The van der Waals surface area contributed by atoms with Crippen molar-refractivity contribution >= 4 is 27.2 Å². The van der Waals surface area contributed by atoms with Crippen LogP contribution in [0.15, 0.2) is 0 Å². The Hall–Kier alpha value is -1.43. The second-order valence-electron chi connectivity index (χ2n) is 2.26. The summed E-state index contributed by atoms with van der Waals surface area (Å²) >= 11 is 1.02. The zero-order chi connectivity index (χ0) is 9.30. The fraction of sp³-hybridized carbons (Fsp3) is 0.286. The minimum absolute atomic E-state index is 0. The molecule has 0 saturated heterocycles. The highest BCUT2D eigenvalue weighted by atomic mass is 32.1. The number of nitrogen functional groups attached to an aromatic ring is 1. The highest BCUT2D eigenvalue weighted by Crippen LogP contribution is 2.30. The van der Waals surface area contributed by atoms with E-state index in [1.54, 1.807) is 12.1 Å². The van der Waals surface area contributed by atoms with Crippen molar-refractivity contribution in [3.8, 4) is 0 Å². The van der Waals surface area contributed by atoms with E-state index < -0.39 is 5.91 Å². The second-order valence-corrected chi connectivity index (χ2v) is 3.31. The quantitative estimate of drug-likeness (QED) is 0.621. The molecule has 0 radical (unpaired) electrons. The molecule has 1 aromatic heterocycles. The zero-order valence-electron chi connectivity index (χ0n) is 6.38. The van der Waals surface area contributed by atoms with Crippen LogP contribution in [0.25, 0.3) is 0 Å². The van der Waals surface area contributed by atoms with E-state index in [9.17, 15) is 9.70 Å². The van der Waals surface area contributed by atoms with Crippen LogP contribution in [-0.2, 0) is 0 Å². The van der Waals surface area contributed by atoms with Crippen molar-refractivity contribution in [2.45, 2.75) is 14.4 Å². The Balaban J connectivity index is 0.00000144. The molecule has 1 rings (SSSR count). The summed E-state index contributed by atoms with van der Waals surface area (Å²) in [5.74, 6) is -0.609. The number of primary amides is 1. The summed E-state index contributed by atoms with van der Waals surface area (Å²) in [6.07, 6.45) is 0. The first-order valence-electron chi connectivity index (χ1n) is 3.14. The molecule has 0 aliphatic rings. The van der Waals surface area contributed by atoms with Crippen molar-refractivity contribution < 1.29 is 9.97 Å². The number of thiophene rings is 1. The minimum Gasteiger partial charge on any atom is -0.390 e. The van der Waals surface area contributed by atoms with Crippen LogP contribution in [0, 0.1) is 11.8 Å². The van der Waals surface area contributed by atoms with Gasteiger partial charge in [-0.05, 0) is 18.3 Å². The third-order valence-electron chi connectivity index (χ3n) is 1.51. The lowest BCUT2D eigenvalue weighted by Crippen LogP contribution is -2.55. The van der Waals surface area contributed by atoms with Gasteiger partial charge in [-0.15, -0.1) is 0 Å². The van der Waals surface area contributed by atoms with Gasteiger partial charge in [-0.1, -0.05) is 7.43 Å². The molecule has 5 N–H and O–H groups in total. The number of nitrogens with two attached hydrogens (primary N) is 2. The van der Waals surface area contributed by atoms with E-state index in [0.717, 1.165) is 11.3 Å². The molecule has 72 valence electrons. The Morgan fingerprint density at radius 1 is 1.54 bits per heavy atom. The lowest BCUT2D eigenvalue weighted by Gasteiger charge is -1.91. The van der Waals surface area contributed by atoms with Crippen molar-refractivity contribution in [1.82, 2.24) is 0 Å². The molecule has 0 atom stereocenters. The molecule has 6 heteroatoms. The van der Waals surface area contributed by atoms with Gasteiger partial charge in [0, 0.05) is 10.1 Å². The van der Waals surface area contributed by atoms with Crippen molar-refractivity contribution in [2.75, 3.05) is 5.73 Å². The van der Waals surface area contributed by atoms with Crippen LogP contribution in [0.3, 0.4) is 0 Å². The Kier molecular flexibility index (Phi) is 3.55. The van der Waals surface area contributed by atoms with Crippen molar-refractivity contribution in [3.63, 3.8) is 0 Å². The normalized spacial score (nSPS) is 9.00. The van der Waals surface area contributed by atoms with E-state index in [-0.39, 0.29) is 18.0 Å². The molecule has 5 nitrogen and oxygen atoms in total. The van der Waals surface area contributed by atoms with E-state index in [1.165, 1.54) is 0 Å². The van der Waals surface area contributed by atoms with Gasteiger partial charge < -0.3 is 11.5 Å². The predicted molar refractivity (Wildman–Crippen MR) is 52.7 cm³/mol. The van der Waals surface area contributed by atoms with E-state index in [0.29, 0.717) is 10.6 Å². The summed E-state index contributed by atoms with van der Waals surface area (Å²) in [5, 5.41) is 2.30. The number of anilines is 1. The number of hydrogen-bond acceptors (Lipinski definition) is 4. The number of hydrogen-bond donors (Lipinski definition) is 3. The molecule has 0 aliphatic heterocycles.